The number of benzene rings is 1. The summed E-state index contributed by atoms with van der Waals surface area (Å²) in [5.41, 5.74) is 1.37. The highest BCUT2D eigenvalue weighted by Crippen LogP contribution is 2.25. The monoisotopic (exact) mass is 252 g/mol. The lowest BCUT2D eigenvalue weighted by molar-refractivity contribution is 0.273. The van der Waals surface area contributed by atoms with Gasteiger partial charge >= 0.3 is 0 Å². The Morgan fingerprint density at radius 3 is 2.71 bits per heavy atom. The highest BCUT2D eigenvalue weighted by molar-refractivity contribution is 6.38. The summed E-state index contributed by atoms with van der Waals surface area (Å²) < 4.78 is 0. The van der Waals surface area contributed by atoms with Gasteiger partial charge in [-0.25, -0.2) is 4.98 Å². The van der Waals surface area contributed by atoms with E-state index in [2.05, 4.69) is 9.97 Å². The number of hydrogen-bond acceptors (Lipinski definition) is 2. The number of aromatic amines is 1. The zero-order valence-corrected chi connectivity index (χ0v) is 9.25. The van der Waals surface area contributed by atoms with Crippen LogP contribution < -0.4 is 0 Å². The number of H-pyrrole nitrogens is 1. The maximum Gasteiger partial charge on any atom is 0.133 e. The van der Waals surface area contributed by atoms with Crippen molar-refractivity contribution < 1.29 is 5.11 Å². The van der Waals surface area contributed by atoms with Crippen LogP contribution in [0.3, 0.4) is 0 Å². The van der Waals surface area contributed by atoms with Crippen LogP contribution in [0.5, 0.6) is 0 Å². The number of aliphatic hydroxyl groups excluding tert-OH is 1. The van der Waals surface area contributed by atoms with Gasteiger partial charge in [-0.3, -0.25) is 0 Å². The van der Waals surface area contributed by atoms with E-state index in [4.69, 9.17) is 28.3 Å². The standard InChI is InChI=1S/C8H6Cl2N2O.ClH/c9-4-1-5(10)8-6(2-4)11-7(3-13)12-8;/h1-2,13H,3H2,(H,11,12);1H. The van der Waals surface area contributed by atoms with Crippen LogP contribution in [0, 0.1) is 0 Å². The van der Waals surface area contributed by atoms with Gasteiger partial charge in [-0.15, -0.1) is 12.4 Å². The highest BCUT2D eigenvalue weighted by Gasteiger charge is 2.06. The number of nitrogens with one attached hydrogen (secondary N) is 1. The summed E-state index contributed by atoms with van der Waals surface area (Å²) in [5, 5.41) is 9.86. The van der Waals surface area contributed by atoms with Gasteiger partial charge in [-0.1, -0.05) is 23.2 Å². The number of aromatic nitrogens is 2. The number of rotatable bonds is 1. The third kappa shape index (κ3) is 1.96. The maximum atomic E-state index is 8.83. The van der Waals surface area contributed by atoms with Gasteiger partial charge in [0.1, 0.15) is 17.9 Å². The van der Waals surface area contributed by atoms with E-state index in [1.165, 1.54) is 0 Å². The molecule has 1 aromatic heterocycles. The molecule has 0 saturated heterocycles. The summed E-state index contributed by atoms with van der Waals surface area (Å²) in [6.07, 6.45) is 0. The minimum Gasteiger partial charge on any atom is -0.388 e. The summed E-state index contributed by atoms with van der Waals surface area (Å²) in [6, 6.07) is 3.34. The van der Waals surface area contributed by atoms with E-state index in [9.17, 15) is 0 Å². The molecule has 76 valence electrons. The van der Waals surface area contributed by atoms with Crippen molar-refractivity contribution in [1.29, 1.82) is 0 Å². The molecule has 0 saturated carbocycles. The first-order valence-corrected chi connectivity index (χ1v) is 4.41. The number of aliphatic hydroxyl groups is 1. The summed E-state index contributed by atoms with van der Waals surface area (Å²) in [4.78, 5) is 6.97. The van der Waals surface area contributed by atoms with Crippen molar-refractivity contribution in [2.24, 2.45) is 0 Å². The van der Waals surface area contributed by atoms with Crippen LogP contribution in [0.2, 0.25) is 10.0 Å². The van der Waals surface area contributed by atoms with Gasteiger partial charge in [0.2, 0.25) is 0 Å². The SMILES string of the molecule is Cl.OCc1nc2c(Cl)cc(Cl)cc2[nH]1. The smallest absolute Gasteiger partial charge is 0.133 e. The van der Waals surface area contributed by atoms with E-state index < -0.39 is 0 Å². The Hall–Kier alpha value is -0.480. The van der Waals surface area contributed by atoms with Gasteiger partial charge in [-0.05, 0) is 12.1 Å². The normalized spacial score (nSPS) is 10.2. The van der Waals surface area contributed by atoms with Crippen LogP contribution in [-0.2, 0) is 6.61 Å². The number of fused-ring (bicyclic) bond motifs is 1. The van der Waals surface area contributed by atoms with Crippen molar-refractivity contribution in [2.75, 3.05) is 0 Å². The quantitative estimate of drug-likeness (QED) is 0.821. The fourth-order valence-electron chi connectivity index (χ4n) is 1.17. The molecule has 2 N–H and O–H groups in total. The minimum absolute atomic E-state index is 0. The number of halogens is 3. The first kappa shape index (κ1) is 11.6. The highest BCUT2D eigenvalue weighted by atomic mass is 35.5. The second kappa shape index (κ2) is 4.36. The molecule has 3 nitrogen and oxygen atoms in total. The third-order valence-electron chi connectivity index (χ3n) is 1.70. The summed E-state index contributed by atoms with van der Waals surface area (Å²) in [7, 11) is 0. The van der Waals surface area contributed by atoms with E-state index in [1.807, 2.05) is 0 Å². The molecule has 0 radical (unpaired) electrons. The topological polar surface area (TPSA) is 48.9 Å². The van der Waals surface area contributed by atoms with Crippen molar-refractivity contribution in [3.05, 3.63) is 28.0 Å². The largest absolute Gasteiger partial charge is 0.388 e. The van der Waals surface area contributed by atoms with Gasteiger partial charge in [0, 0.05) is 5.02 Å². The average molecular weight is 254 g/mol. The van der Waals surface area contributed by atoms with Crippen LogP contribution in [-0.4, -0.2) is 15.1 Å². The lowest BCUT2D eigenvalue weighted by Gasteiger charge is -1.92. The lowest BCUT2D eigenvalue weighted by atomic mass is 10.3. The molecule has 6 heteroatoms. The lowest BCUT2D eigenvalue weighted by Crippen LogP contribution is -1.83. The van der Waals surface area contributed by atoms with E-state index in [-0.39, 0.29) is 19.0 Å². The Kier molecular flexibility index (Phi) is 3.61. The molecule has 2 rings (SSSR count). The first-order valence-electron chi connectivity index (χ1n) is 3.65. The molecule has 0 atom stereocenters. The molecule has 0 aliphatic heterocycles. The summed E-state index contributed by atoms with van der Waals surface area (Å²) in [6.45, 7) is -0.136. The number of hydrogen-bond donors (Lipinski definition) is 2. The van der Waals surface area contributed by atoms with E-state index >= 15 is 0 Å². The van der Waals surface area contributed by atoms with Gasteiger partial charge in [0.05, 0.1) is 10.5 Å². The molecule has 0 bridgehead atoms. The van der Waals surface area contributed by atoms with Crippen LogP contribution in [0.4, 0.5) is 0 Å². The minimum atomic E-state index is -0.136. The van der Waals surface area contributed by atoms with Crippen LogP contribution in [0.15, 0.2) is 12.1 Å². The molecule has 1 aromatic carbocycles. The molecule has 2 aromatic rings. The van der Waals surface area contributed by atoms with Gasteiger partial charge in [0.25, 0.3) is 0 Å². The van der Waals surface area contributed by atoms with Crippen LogP contribution in [0.25, 0.3) is 11.0 Å². The second-order valence-corrected chi connectivity index (χ2v) is 3.47. The Balaban J connectivity index is 0.000000980. The molecule has 0 amide bonds. The van der Waals surface area contributed by atoms with Crippen LogP contribution in [0.1, 0.15) is 5.82 Å². The van der Waals surface area contributed by atoms with Gasteiger partial charge < -0.3 is 10.1 Å². The zero-order valence-electron chi connectivity index (χ0n) is 6.92. The van der Waals surface area contributed by atoms with E-state index in [0.717, 1.165) is 5.52 Å². The predicted molar refractivity (Wildman–Crippen MR) is 59.3 cm³/mol. The molecule has 0 aliphatic rings. The van der Waals surface area contributed by atoms with Gasteiger partial charge in [0.15, 0.2) is 0 Å². The molecule has 0 fully saturated rings. The van der Waals surface area contributed by atoms with Crippen molar-refractivity contribution in [2.45, 2.75) is 6.61 Å². The Morgan fingerprint density at radius 2 is 2.07 bits per heavy atom. The fourth-order valence-corrected chi connectivity index (χ4v) is 1.70. The number of nitrogens with zero attached hydrogens (tertiary/aromatic N) is 1. The third-order valence-corrected chi connectivity index (χ3v) is 2.21. The van der Waals surface area contributed by atoms with Crippen molar-refractivity contribution in [1.82, 2.24) is 9.97 Å². The van der Waals surface area contributed by atoms with Crippen molar-refractivity contribution >= 4 is 46.6 Å². The predicted octanol–water partition coefficient (Wildman–Crippen LogP) is 2.78. The second-order valence-electron chi connectivity index (χ2n) is 2.63. The molecular weight excluding hydrogens is 246 g/mol. The maximum absolute atomic E-state index is 8.83. The first-order chi connectivity index (χ1) is 6.20. The Bertz CT molecular complexity index is 455. The molecule has 0 unspecified atom stereocenters. The molecule has 0 spiro atoms. The average Bonchev–Trinajstić information content (AvgIpc) is 2.47. The van der Waals surface area contributed by atoms with E-state index in [1.54, 1.807) is 12.1 Å². The number of imidazole rings is 1. The molecule has 14 heavy (non-hydrogen) atoms. The Labute approximate surface area is 96.5 Å². The molecule has 1 heterocycles. The summed E-state index contributed by atoms with van der Waals surface area (Å²) >= 11 is 11.7. The molecular formula is C8H7Cl3N2O. The zero-order chi connectivity index (χ0) is 9.42. The fraction of sp³-hybridized carbons (Fsp3) is 0.125. The van der Waals surface area contributed by atoms with Crippen molar-refractivity contribution in [3.8, 4) is 0 Å². The van der Waals surface area contributed by atoms with E-state index in [0.29, 0.717) is 21.4 Å². The summed E-state index contributed by atoms with van der Waals surface area (Å²) in [5.74, 6) is 0.485. The Morgan fingerprint density at radius 1 is 1.36 bits per heavy atom. The van der Waals surface area contributed by atoms with Crippen molar-refractivity contribution in [3.63, 3.8) is 0 Å². The molecule has 0 aliphatic carbocycles. The van der Waals surface area contributed by atoms with Crippen LogP contribution >= 0.6 is 35.6 Å². The van der Waals surface area contributed by atoms with Gasteiger partial charge in [-0.2, -0.15) is 0 Å².